The van der Waals surface area contributed by atoms with E-state index in [1.807, 2.05) is 0 Å². The minimum atomic E-state index is -4.79. The molecular weight excluding hydrogens is 396 g/mol. The van der Waals surface area contributed by atoms with Gasteiger partial charge in [-0.25, -0.2) is 9.59 Å². The molecule has 2 N–H and O–H groups in total. The number of carbonyl (C=O) groups is 2. The van der Waals surface area contributed by atoms with Crippen LogP contribution in [0.5, 0.6) is 0 Å². The Kier molecular flexibility index (Phi) is 5.25. The van der Waals surface area contributed by atoms with Gasteiger partial charge < -0.3 is 19.5 Å². The molecule has 12 nitrogen and oxygen atoms in total. The molecular formula is C15H22N4O8S. The van der Waals surface area contributed by atoms with Crippen molar-refractivity contribution in [3.05, 3.63) is 17.5 Å². The zero-order valence-electron chi connectivity index (χ0n) is 15.6. The summed E-state index contributed by atoms with van der Waals surface area (Å²) in [7, 11) is -4.79. The van der Waals surface area contributed by atoms with Crippen LogP contribution >= 0.6 is 0 Å². The summed E-state index contributed by atoms with van der Waals surface area (Å²) in [6.45, 7) is 5.53. The zero-order valence-corrected chi connectivity index (χ0v) is 16.4. The minimum absolute atomic E-state index is 0.0587. The lowest BCUT2D eigenvalue weighted by atomic mass is 9.98. The maximum absolute atomic E-state index is 12.4. The molecule has 0 aromatic carbocycles. The van der Waals surface area contributed by atoms with E-state index in [4.69, 9.17) is 13.8 Å². The van der Waals surface area contributed by atoms with Gasteiger partial charge in [-0.15, -0.1) is 4.28 Å². The molecule has 3 heterocycles. The van der Waals surface area contributed by atoms with E-state index in [1.165, 1.54) is 4.90 Å². The number of fused-ring (bicyclic) bond motifs is 2. The molecule has 0 radical (unpaired) electrons. The molecule has 28 heavy (non-hydrogen) atoms. The van der Waals surface area contributed by atoms with Gasteiger partial charge in [0.05, 0.1) is 18.6 Å². The quantitative estimate of drug-likeness (QED) is 0.675. The Labute approximate surface area is 161 Å². The van der Waals surface area contributed by atoms with Crippen molar-refractivity contribution in [2.75, 3.05) is 6.54 Å². The maximum atomic E-state index is 12.4. The smallest absolute Gasteiger partial charge is 0.418 e. The molecule has 2 saturated heterocycles. The van der Waals surface area contributed by atoms with Crippen molar-refractivity contribution in [3.63, 3.8) is 0 Å². The maximum Gasteiger partial charge on any atom is 0.418 e. The number of hydrogen-bond donors (Lipinski definition) is 2. The Hall–Kier alpha value is -2.38. The van der Waals surface area contributed by atoms with E-state index in [0.29, 0.717) is 29.4 Å². The van der Waals surface area contributed by atoms with Gasteiger partial charge in [-0.1, -0.05) is 5.16 Å². The van der Waals surface area contributed by atoms with Crippen LogP contribution in [0.25, 0.3) is 0 Å². The summed E-state index contributed by atoms with van der Waals surface area (Å²) in [6, 6.07) is 0.0206. The number of nitrogens with one attached hydrogen (secondary N) is 1. The fourth-order valence-corrected chi connectivity index (χ4v) is 3.57. The summed E-state index contributed by atoms with van der Waals surface area (Å²) in [5.74, 6) is 0.376. The van der Waals surface area contributed by atoms with Gasteiger partial charge in [0.25, 0.3) is 0 Å². The standard InChI is InChI=1S/C15H22N4O8S/c1-15(2,3)25-13(20)16-7-10-6-11(17-26-10)12-5-4-9-8-18(12)14(21)19(9)27-28(22,23)24/h6,9,12H,4-5,7-8H2,1-3H3,(H,16,20)(H,22,23,24)/t9-,12-/m0/s1. The topological polar surface area (TPSA) is 152 Å². The predicted molar refractivity (Wildman–Crippen MR) is 91.9 cm³/mol. The Morgan fingerprint density at radius 3 is 2.79 bits per heavy atom. The number of aromatic nitrogens is 1. The highest BCUT2D eigenvalue weighted by molar-refractivity contribution is 7.80. The van der Waals surface area contributed by atoms with Crippen LogP contribution in [-0.2, 0) is 26.0 Å². The lowest BCUT2D eigenvalue weighted by molar-refractivity contribution is -0.0317. The van der Waals surface area contributed by atoms with E-state index < -0.39 is 40.2 Å². The predicted octanol–water partition coefficient (Wildman–Crippen LogP) is 1.37. The molecule has 3 amide bonds. The molecule has 13 heteroatoms. The highest BCUT2D eigenvalue weighted by atomic mass is 32.3. The first kappa shape index (κ1) is 20.4. The van der Waals surface area contributed by atoms with Crippen LogP contribution < -0.4 is 5.32 Å². The number of ether oxygens (including phenoxy) is 1. The summed E-state index contributed by atoms with van der Waals surface area (Å²) >= 11 is 0. The Bertz CT molecular complexity index is 862. The molecule has 2 bridgehead atoms. The third-order valence-electron chi connectivity index (χ3n) is 4.22. The summed E-state index contributed by atoms with van der Waals surface area (Å²) in [4.78, 5) is 25.5. The van der Waals surface area contributed by atoms with Crippen LogP contribution in [0.15, 0.2) is 10.6 Å². The largest absolute Gasteiger partial charge is 0.444 e. The number of amides is 3. The van der Waals surface area contributed by atoms with Crippen LogP contribution in [0.4, 0.5) is 9.59 Å². The van der Waals surface area contributed by atoms with E-state index in [9.17, 15) is 18.0 Å². The lowest BCUT2D eigenvalue weighted by Crippen LogP contribution is -2.35. The molecule has 0 saturated carbocycles. The number of rotatable bonds is 5. The van der Waals surface area contributed by atoms with Gasteiger partial charge in [0.15, 0.2) is 5.76 Å². The van der Waals surface area contributed by atoms with Crippen molar-refractivity contribution in [2.24, 2.45) is 0 Å². The van der Waals surface area contributed by atoms with E-state index in [-0.39, 0.29) is 13.1 Å². The summed E-state index contributed by atoms with van der Waals surface area (Å²) in [5.41, 5.74) is -0.150. The number of hydrogen-bond acceptors (Lipinski definition) is 8. The molecule has 0 spiro atoms. The van der Waals surface area contributed by atoms with Gasteiger partial charge in [0, 0.05) is 12.6 Å². The van der Waals surface area contributed by atoms with Gasteiger partial charge in [-0.2, -0.15) is 13.5 Å². The fourth-order valence-electron chi connectivity index (χ4n) is 3.18. The molecule has 0 aliphatic carbocycles. The number of nitrogens with zero attached hydrogens (tertiary/aromatic N) is 3. The van der Waals surface area contributed by atoms with Crippen molar-refractivity contribution in [1.29, 1.82) is 0 Å². The first-order chi connectivity index (χ1) is 12.9. The lowest BCUT2D eigenvalue weighted by Gasteiger charge is -2.28. The first-order valence-corrected chi connectivity index (χ1v) is 9.98. The molecule has 156 valence electrons. The van der Waals surface area contributed by atoms with Crippen LogP contribution in [0.1, 0.15) is 51.1 Å². The number of urea groups is 1. The van der Waals surface area contributed by atoms with E-state index in [1.54, 1.807) is 26.8 Å². The van der Waals surface area contributed by atoms with Gasteiger partial charge in [-0.3, -0.25) is 4.55 Å². The third-order valence-corrected chi connectivity index (χ3v) is 4.57. The summed E-state index contributed by atoms with van der Waals surface area (Å²) < 4.78 is 45.4. The Morgan fingerprint density at radius 2 is 2.14 bits per heavy atom. The molecule has 2 fully saturated rings. The second kappa shape index (κ2) is 7.22. The number of hydroxylamine groups is 2. The van der Waals surface area contributed by atoms with Gasteiger partial charge in [0.1, 0.15) is 11.3 Å². The van der Waals surface area contributed by atoms with E-state index >= 15 is 0 Å². The summed E-state index contributed by atoms with van der Waals surface area (Å²) in [5, 5.41) is 7.17. The van der Waals surface area contributed by atoms with Gasteiger partial charge >= 0.3 is 22.5 Å². The summed E-state index contributed by atoms with van der Waals surface area (Å²) in [6.07, 6.45) is 0.368. The Morgan fingerprint density at radius 1 is 1.43 bits per heavy atom. The van der Waals surface area contributed by atoms with Crippen LogP contribution in [0.2, 0.25) is 0 Å². The Balaban J connectivity index is 1.63. The number of alkyl carbamates (subject to hydrolysis) is 1. The molecule has 1 aromatic rings. The average Bonchev–Trinajstić information content (AvgIpc) is 3.11. The zero-order chi connectivity index (χ0) is 20.7. The highest BCUT2D eigenvalue weighted by Gasteiger charge is 2.48. The van der Waals surface area contributed by atoms with Gasteiger partial charge in [0.2, 0.25) is 0 Å². The molecule has 3 rings (SSSR count). The van der Waals surface area contributed by atoms with E-state index in [2.05, 4.69) is 14.8 Å². The van der Waals surface area contributed by atoms with Crippen molar-refractivity contribution in [2.45, 2.75) is 57.8 Å². The number of piperidine rings is 1. The molecule has 2 aliphatic heterocycles. The van der Waals surface area contributed by atoms with Gasteiger partial charge in [-0.05, 0) is 33.6 Å². The highest BCUT2D eigenvalue weighted by Crippen LogP contribution is 2.38. The monoisotopic (exact) mass is 418 g/mol. The first-order valence-electron chi connectivity index (χ1n) is 8.62. The molecule has 1 aromatic heterocycles. The van der Waals surface area contributed by atoms with Crippen LogP contribution in [0.3, 0.4) is 0 Å². The average molecular weight is 418 g/mol. The van der Waals surface area contributed by atoms with Crippen molar-refractivity contribution < 1.29 is 36.1 Å². The van der Waals surface area contributed by atoms with Crippen molar-refractivity contribution in [3.8, 4) is 0 Å². The van der Waals surface area contributed by atoms with Crippen molar-refractivity contribution in [1.82, 2.24) is 20.4 Å². The second-order valence-corrected chi connectivity index (χ2v) is 8.59. The third kappa shape index (κ3) is 4.72. The van der Waals surface area contributed by atoms with Crippen LogP contribution in [0, 0.1) is 0 Å². The number of carbonyl (C=O) groups excluding carboxylic acids is 2. The normalized spacial score (nSPS) is 22.5. The minimum Gasteiger partial charge on any atom is -0.444 e. The molecule has 2 aliphatic rings. The van der Waals surface area contributed by atoms with Crippen molar-refractivity contribution >= 4 is 22.5 Å². The van der Waals surface area contributed by atoms with Crippen LogP contribution in [-0.4, -0.2) is 58.4 Å². The van der Waals surface area contributed by atoms with E-state index in [0.717, 1.165) is 0 Å². The second-order valence-electron chi connectivity index (χ2n) is 7.58. The molecule has 2 atom stereocenters. The molecule has 0 unspecified atom stereocenters. The fraction of sp³-hybridized carbons (Fsp3) is 0.667. The SMILES string of the molecule is CC(C)(C)OC(=O)NCc1cc([C@@H]2CC[C@H]3CN2C(=O)N3OS(=O)(=O)O)no1.